The topological polar surface area (TPSA) is 112 Å². The zero-order chi connectivity index (χ0) is 21.3. The van der Waals surface area contributed by atoms with E-state index in [1.54, 1.807) is 39.0 Å². The summed E-state index contributed by atoms with van der Waals surface area (Å²) in [5.41, 5.74) is 2.73. The maximum absolute atomic E-state index is 12.4. The Labute approximate surface area is 166 Å². The molecule has 0 saturated heterocycles. The highest BCUT2D eigenvalue weighted by atomic mass is 16.6. The number of hydrogen-bond acceptors (Lipinski definition) is 6. The number of fused-ring (bicyclic) bond motifs is 1. The second-order valence-electron chi connectivity index (χ2n) is 6.81. The van der Waals surface area contributed by atoms with Gasteiger partial charge >= 0.3 is 5.63 Å². The molecule has 0 aliphatic carbocycles. The maximum Gasteiger partial charge on any atom is 0.336 e. The van der Waals surface area contributed by atoms with E-state index >= 15 is 0 Å². The molecule has 0 fully saturated rings. The van der Waals surface area contributed by atoms with Crippen LogP contribution in [0.15, 0.2) is 39.5 Å². The Morgan fingerprint density at radius 3 is 2.52 bits per heavy atom. The quantitative estimate of drug-likeness (QED) is 0.397. The van der Waals surface area contributed by atoms with E-state index < -0.39 is 16.5 Å². The summed E-state index contributed by atoms with van der Waals surface area (Å²) in [4.78, 5) is 34.7. The summed E-state index contributed by atoms with van der Waals surface area (Å²) >= 11 is 0. The van der Waals surface area contributed by atoms with Gasteiger partial charge in [0.05, 0.1) is 4.92 Å². The SMILES string of the molecule is Cc1ccc([N+](=O)[O-])c(NC(=O)COc2ccc3c(C)cc(=O)oc3c2C)c1C. The van der Waals surface area contributed by atoms with E-state index in [0.717, 1.165) is 16.5 Å². The van der Waals surface area contributed by atoms with Crippen molar-refractivity contribution in [1.29, 1.82) is 0 Å². The molecular formula is C21H20N2O6. The lowest BCUT2D eigenvalue weighted by atomic mass is 10.1. The number of carbonyl (C=O) groups is 1. The average Bonchev–Trinajstić information content (AvgIpc) is 2.65. The zero-order valence-electron chi connectivity index (χ0n) is 16.5. The van der Waals surface area contributed by atoms with Crippen LogP contribution in [0.4, 0.5) is 11.4 Å². The van der Waals surface area contributed by atoms with Crippen LogP contribution in [0.25, 0.3) is 11.0 Å². The molecule has 8 heteroatoms. The van der Waals surface area contributed by atoms with Crippen LogP contribution in [0.1, 0.15) is 22.3 Å². The van der Waals surface area contributed by atoms with Crippen molar-refractivity contribution in [1.82, 2.24) is 0 Å². The second-order valence-corrected chi connectivity index (χ2v) is 6.81. The van der Waals surface area contributed by atoms with E-state index in [-0.39, 0.29) is 18.0 Å². The number of hydrogen-bond donors (Lipinski definition) is 1. The lowest BCUT2D eigenvalue weighted by molar-refractivity contribution is -0.384. The van der Waals surface area contributed by atoms with Gasteiger partial charge in [0.25, 0.3) is 11.6 Å². The molecular weight excluding hydrogens is 376 g/mol. The fourth-order valence-corrected chi connectivity index (χ4v) is 3.09. The van der Waals surface area contributed by atoms with Gasteiger partial charge in [-0.25, -0.2) is 4.79 Å². The Morgan fingerprint density at radius 1 is 1.10 bits per heavy atom. The molecule has 1 amide bonds. The zero-order valence-corrected chi connectivity index (χ0v) is 16.5. The normalized spacial score (nSPS) is 10.8. The first-order valence-electron chi connectivity index (χ1n) is 8.90. The molecule has 1 N–H and O–H groups in total. The number of carbonyl (C=O) groups excluding carboxylic acids is 1. The van der Waals surface area contributed by atoms with Gasteiger partial charge in [-0.1, -0.05) is 6.07 Å². The third-order valence-corrected chi connectivity index (χ3v) is 4.85. The number of benzene rings is 2. The van der Waals surface area contributed by atoms with E-state index in [1.165, 1.54) is 12.1 Å². The van der Waals surface area contributed by atoms with Gasteiger partial charge in [0, 0.05) is 23.1 Å². The molecule has 1 heterocycles. The van der Waals surface area contributed by atoms with Crippen LogP contribution in [0.5, 0.6) is 5.75 Å². The van der Waals surface area contributed by atoms with E-state index in [4.69, 9.17) is 9.15 Å². The maximum atomic E-state index is 12.4. The molecule has 29 heavy (non-hydrogen) atoms. The molecule has 2 aromatic carbocycles. The number of aryl methyl sites for hydroxylation is 3. The van der Waals surface area contributed by atoms with Crippen molar-refractivity contribution in [3.05, 3.63) is 73.1 Å². The summed E-state index contributed by atoms with van der Waals surface area (Å²) in [6.07, 6.45) is 0. The van der Waals surface area contributed by atoms with Gasteiger partial charge in [0.2, 0.25) is 0 Å². The van der Waals surface area contributed by atoms with Crippen molar-refractivity contribution in [2.24, 2.45) is 0 Å². The Kier molecular flexibility index (Phi) is 5.36. The van der Waals surface area contributed by atoms with E-state index in [2.05, 4.69) is 5.32 Å². The molecule has 8 nitrogen and oxygen atoms in total. The lowest BCUT2D eigenvalue weighted by Gasteiger charge is -2.13. The van der Waals surface area contributed by atoms with Crippen LogP contribution < -0.4 is 15.7 Å². The van der Waals surface area contributed by atoms with Gasteiger partial charge in [-0.2, -0.15) is 0 Å². The molecule has 0 atom stereocenters. The molecule has 1 aromatic heterocycles. The predicted molar refractivity (Wildman–Crippen MR) is 109 cm³/mol. The van der Waals surface area contributed by atoms with Crippen molar-refractivity contribution in [2.75, 3.05) is 11.9 Å². The molecule has 3 rings (SSSR count). The van der Waals surface area contributed by atoms with E-state index in [9.17, 15) is 19.7 Å². The third-order valence-electron chi connectivity index (χ3n) is 4.85. The highest BCUT2D eigenvalue weighted by Gasteiger charge is 2.20. The van der Waals surface area contributed by atoms with Gasteiger partial charge in [0.15, 0.2) is 6.61 Å². The summed E-state index contributed by atoms with van der Waals surface area (Å²) in [6, 6.07) is 7.85. The number of amides is 1. The first kappa shape index (κ1) is 20.1. The van der Waals surface area contributed by atoms with Crippen molar-refractivity contribution in [3.63, 3.8) is 0 Å². The summed E-state index contributed by atoms with van der Waals surface area (Å²) in [6.45, 7) is 6.69. The number of nitro benzene ring substituents is 1. The van der Waals surface area contributed by atoms with Gasteiger partial charge < -0.3 is 14.5 Å². The number of anilines is 1. The van der Waals surface area contributed by atoms with E-state index in [0.29, 0.717) is 22.5 Å². The minimum absolute atomic E-state index is 0.153. The number of nitrogens with one attached hydrogen (secondary N) is 1. The van der Waals surface area contributed by atoms with Crippen LogP contribution in [0.3, 0.4) is 0 Å². The van der Waals surface area contributed by atoms with Crippen LogP contribution in [0.2, 0.25) is 0 Å². The summed E-state index contributed by atoms with van der Waals surface area (Å²) in [5, 5.41) is 14.6. The Balaban J connectivity index is 1.82. The lowest BCUT2D eigenvalue weighted by Crippen LogP contribution is -2.21. The summed E-state index contributed by atoms with van der Waals surface area (Å²) in [5.74, 6) is -0.149. The molecule has 0 unspecified atom stereocenters. The van der Waals surface area contributed by atoms with Crippen LogP contribution in [0, 0.1) is 37.8 Å². The second kappa shape index (κ2) is 7.75. The standard InChI is InChI=1S/C21H20N2O6/c1-11-5-7-16(23(26)27)20(13(11)3)22-18(24)10-28-17-8-6-15-12(2)9-19(25)29-21(15)14(17)4/h5-9H,10H2,1-4H3,(H,22,24). The minimum atomic E-state index is -0.541. The summed E-state index contributed by atoms with van der Waals surface area (Å²) < 4.78 is 10.9. The Hall–Kier alpha value is -3.68. The fourth-order valence-electron chi connectivity index (χ4n) is 3.09. The van der Waals surface area contributed by atoms with E-state index in [1.807, 2.05) is 6.92 Å². The molecule has 0 aliphatic heterocycles. The van der Waals surface area contributed by atoms with Gasteiger partial charge in [-0.3, -0.25) is 14.9 Å². The number of nitro groups is 1. The molecule has 150 valence electrons. The molecule has 0 spiro atoms. The minimum Gasteiger partial charge on any atom is -0.483 e. The fraction of sp³-hybridized carbons (Fsp3) is 0.238. The van der Waals surface area contributed by atoms with Crippen LogP contribution >= 0.6 is 0 Å². The molecule has 0 bridgehead atoms. The smallest absolute Gasteiger partial charge is 0.336 e. The van der Waals surface area contributed by atoms with Crippen molar-refractivity contribution in [2.45, 2.75) is 27.7 Å². The first-order chi connectivity index (χ1) is 13.7. The van der Waals surface area contributed by atoms with Crippen LogP contribution in [-0.2, 0) is 4.79 Å². The first-order valence-corrected chi connectivity index (χ1v) is 8.90. The summed E-state index contributed by atoms with van der Waals surface area (Å²) in [7, 11) is 0. The Bertz CT molecular complexity index is 1200. The van der Waals surface area contributed by atoms with Gasteiger partial charge in [0.1, 0.15) is 17.0 Å². The number of rotatable bonds is 5. The van der Waals surface area contributed by atoms with Gasteiger partial charge in [-0.15, -0.1) is 0 Å². The highest BCUT2D eigenvalue weighted by Crippen LogP contribution is 2.31. The van der Waals surface area contributed by atoms with Crippen molar-refractivity contribution < 1.29 is 18.9 Å². The van der Waals surface area contributed by atoms with Crippen molar-refractivity contribution in [3.8, 4) is 5.75 Å². The molecule has 3 aromatic rings. The predicted octanol–water partition coefficient (Wildman–Crippen LogP) is 3.95. The highest BCUT2D eigenvalue weighted by molar-refractivity contribution is 5.95. The molecule has 0 radical (unpaired) electrons. The third kappa shape index (κ3) is 3.96. The largest absolute Gasteiger partial charge is 0.483 e. The molecule has 0 aliphatic rings. The Morgan fingerprint density at radius 2 is 1.83 bits per heavy atom. The molecule has 0 saturated carbocycles. The van der Waals surface area contributed by atoms with Crippen LogP contribution in [-0.4, -0.2) is 17.4 Å². The number of ether oxygens (including phenoxy) is 1. The average molecular weight is 396 g/mol. The number of nitrogens with zero attached hydrogens (tertiary/aromatic N) is 1. The van der Waals surface area contributed by atoms with Crippen molar-refractivity contribution >= 4 is 28.3 Å². The van der Waals surface area contributed by atoms with Gasteiger partial charge in [-0.05, 0) is 56.5 Å². The monoisotopic (exact) mass is 396 g/mol.